The van der Waals surface area contributed by atoms with Gasteiger partial charge in [0.1, 0.15) is 0 Å². The fraction of sp³-hybridized carbons (Fsp3) is 0.571. The predicted molar refractivity (Wildman–Crippen MR) is 99.6 cm³/mol. The molecule has 1 saturated heterocycles. The van der Waals surface area contributed by atoms with Crippen LogP contribution in [0.25, 0.3) is 10.9 Å². The summed E-state index contributed by atoms with van der Waals surface area (Å²) >= 11 is 0. The third-order valence-corrected chi connectivity index (χ3v) is 6.26. The lowest BCUT2D eigenvalue weighted by atomic mass is 9.88. The number of piperidine rings is 1. The van der Waals surface area contributed by atoms with Crippen molar-refractivity contribution in [3.8, 4) is 0 Å². The van der Waals surface area contributed by atoms with Gasteiger partial charge in [0.2, 0.25) is 5.91 Å². The molecule has 1 aliphatic carbocycles. The molecule has 25 heavy (non-hydrogen) atoms. The normalized spacial score (nSPS) is 25.0. The van der Waals surface area contributed by atoms with E-state index in [4.69, 9.17) is 0 Å². The van der Waals surface area contributed by atoms with E-state index in [-0.39, 0.29) is 11.8 Å². The smallest absolute Gasteiger partial charge is 0.228 e. The summed E-state index contributed by atoms with van der Waals surface area (Å²) in [6.07, 6.45) is 7.41. The molecular formula is C21H28N2O2. The summed E-state index contributed by atoms with van der Waals surface area (Å²) in [5.74, 6) is 0.533. The van der Waals surface area contributed by atoms with Crippen molar-refractivity contribution in [1.82, 2.24) is 9.88 Å². The first-order valence-electron chi connectivity index (χ1n) is 9.74. The molecule has 2 N–H and O–H groups in total. The Hall–Kier alpha value is -1.81. The second kappa shape index (κ2) is 6.83. The van der Waals surface area contributed by atoms with Gasteiger partial charge in [-0.1, -0.05) is 25.1 Å². The molecule has 0 bridgehead atoms. The summed E-state index contributed by atoms with van der Waals surface area (Å²) in [6, 6.07) is 6.56. The molecule has 1 aromatic carbocycles. The third-order valence-electron chi connectivity index (χ3n) is 6.26. The number of fused-ring (bicyclic) bond motifs is 1. The van der Waals surface area contributed by atoms with E-state index in [1.54, 1.807) is 0 Å². The Morgan fingerprint density at radius 3 is 2.72 bits per heavy atom. The molecule has 134 valence electrons. The molecule has 1 amide bonds. The molecule has 2 unspecified atom stereocenters. The molecule has 2 fully saturated rings. The van der Waals surface area contributed by atoms with E-state index in [2.05, 4.69) is 36.3 Å². The first kappa shape index (κ1) is 16.6. The van der Waals surface area contributed by atoms with Gasteiger partial charge < -0.3 is 15.0 Å². The summed E-state index contributed by atoms with van der Waals surface area (Å²) in [5, 5.41) is 11.4. The molecule has 1 aromatic heterocycles. The number of benzene rings is 1. The number of likely N-dealkylation sites (tertiary alicyclic amines) is 1. The number of aliphatic hydroxyl groups excluding tert-OH is 1. The van der Waals surface area contributed by atoms with E-state index >= 15 is 0 Å². The minimum Gasteiger partial charge on any atom is -0.392 e. The fourth-order valence-corrected chi connectivity index (χ4v) is 4.75. The number of hydrogen-bond donors (Lipinski definition) is 2. The zero-order valence-electron chi connectivity index (χ0n) is 15.0. The van der Waals surface area contributed by atoms with Crippen LogP contribution in [0.4, 0.5) is 0 Å². The molecule has 4 nitrogen and oxygen atoms in total. The lowest BCUT2D eigenvalue weighted by Gasteiger charge is -2.34. The summed E-state index contributed by atoms with van der Waals surface area (Å²) in [6.45, 7) is 3.82. The average Bonchev–Trinajstić information content (AvgIpc) is 3.27. The van der Waals surface area contributed by atoms with Crippen LogP contribution in [0.1, 0.15) is 56.1 Å². The van der Waals surface area contributed by atoms with Gasteiger partial charge in [0.25, 0.3) is 0 Å². The van der Waals surface area contributed by atoms with Crippen LogP contribution in [-0.2, 0) is 11.2 Å². The molecule has 1 saturated carbocycles. The van der Waals surface area contributed by atoms with E-state index in [1.807, 2.05) is 4.90 Å². The topological polar surface area (TPSA) is 56.3 Å². The Kier molecular flexibility index (Phi) is 4.55. The quantitative estimate of drug-likeness (QED) is 0.897. The highest BCUT2D eigenvalue weighted by Crippen LogP contribution is 2.35. The lowest BCUT2D eigenvalue weighted by Crippen LogP contribution is -2.43. The van der Waals surface area contributed by atoms with E-state index < -0.39 is 6.10 Å². The largest absolute Gasteiger partial charge is 0.392 e. The standard InChI is InChI=1S/C21H28N2O2/c1-2-14-5-3-6-16-18(13-22-20(14)16)15-9-11-23(12-10-15)21(25)17-7-4-8-19(17)24/h3,5-6,13,15,17,19,22,24H,2,4,7-12H2,1H3. The maximum atomic E-state index is 12.7. The zero-order chi connectivity index (χ0) is 17.4. The van der Waals surface area contributed by atoms with Crippen molar-refractivity contribution in [2.24, 2.45) is 5.92 Å². The first-order valence-corrected chi connectivity index (χ1v) is 9.74. The van der Waals surface area contributed by atoms with E-state index in [1.165, 1.54) is 22.0 Å². The van der Waals surface area contributed by atoms with Crippen LogP contribution >= 0.6 is 0 Å². The van der Waals surface area contributed by atoms with Crippen LogP contribution in [-0.4, -0.2) is 40.1 Å². The summed E-state index contributed by atoms with van der Waals surface area (Å²) < 4.78 is 0. The molecule has 4 heteroatoms. The number of nitrogens with one attached hydrogen (secondary N) is 1. The van der Waals surface area contributed by atoms with Gasteiger partial charge in [-0.05, 0) is 55.6 Å². The SMILES string of the molecule is CCc1cccc2c(C3CCN(C(=O)C4CCCC4O)CC3)c[nH]c12. The molecule has 2 heterocycles. The zero-order valence-corrected chi connectivity index (χ0v) is 15.0. The van der Waals surface area contributed by atoms with Crippen molar-refractivity contribution in [2.45, 2.75) is 57.5 Å². The van der Waals surface area contributed by atoms with Crippen LogP contribution < -0.4 is 0 Å². The molecule has 0 spiro atoms. The Bertz CT molecular complexity index is 758. The Balaban J connectivity index is 1.46. The minimum atomic E-state index is -0.425. The number of carbonyl (C=O) groups excluding carboxylic acids is 1. The molecule has 4 rings (SSSR count). The van der Waals surface area contributed by atoms with E-state index in [9.17, 15) is 9.90 Å². The van der Waals surface area contributed by atoms with Gasteiger partial charge in [0.15, 0.2) is 0 Å². The van der Waals surface area contributed by atoms with Crippen molar-refractivity contribution in [1.29, 1.82) is 0 Å². The summed E-state index contributed by atoms with van der Waals surface area (Å²) in [5.41, 5.74) is 4.04. The van der Waals surface area contributed by atoms with Crippen molar-refractivity contribution in [3.05, 3.63) is 35.5 Å². The Morgan fingerprint density at radius 2 is 2.04 bits per heavy atom. The second-order valence-corrected chi connectivity index (χ2v) is 7.64. The van der Waals surface area contributed by atoms with Gasteiger partial charge in [-0.25, -0.2) is 0 Å². The Morgan fingerprint density at radius 1 is 1.24 bits per heavy atom. The number of hydrogen-bond acceptors (Lipinski definition) is 2. The van der Waals surface area contributed by atoms with Gasteiger partial charge in [-0.15, -0.1) is 0 Å². The minimum absolute atomic E-state index is 0.156. The maximum absolute atomic E-state index is 12.7. The van der Waals surface area contributed by atoms with Crippen LogP contribution in [0, 0.1) is 5.92 Å². The number of H-pyrrole nitrogens is 1. The predicted octanol–water partition coefficient (Wildman–Crippen LogP) is 3.60. The summed E-state index contributed by atoms with van der Waals surface area (Å²) in [7, 11) is 0. The number of carbonyl (C=O) groups is 1. The van der Waals surface area contributed by atoms with Crippen molar-refractivity contribution in [3.63, 3.8) is 0 Å². The monoisotopic (exact) mass is 340 g/mol. The van der Waals surface area contributed by atoms with E-state index in [0.29, 0.717) is 5.92 Å². The first-order chi connectivity index (χ1) is 12.2. The number of nitrogens with zero attached hydrogens (tertiary/aromatic N) is 1. The Labute approximate surface area is 149 Å². The average molecular weight is 340 g/mol. The molecule has 1 aliphatic heterocycles. The van der Waals surface area contributed by atoms with Gasteiger partial charge in [0, 0.05) is 30.2 Å². The van der Waals surface area contributed by atoms with Crippen LogP contribution in [0.15, 0.2) is 24.4 Å². The third kappa shape index (κ3) is 2.97. The maximum Gasteiger partial charge on any atom is 0.228 e. The van der Waals surface area contributed by atoms with Gasteiger partial charge in [0.05, 0.1) is 12.0 Å². The van der Waals surface area contributed by atoms with Crippen molar-refractivity contribution in [2.75, 3.05) is 13.1 Å². The molecule has 0 radical (unpaired) electrons. The lowest BCUT2D eigenvalue weighted by molar-refractivity contribution is -0.139. The highest BCUT2D eigenvalue weighted by Gasteiger charge is 2.36. The van der Waals surface area contributed by atoms with Gasteiger partial charge in [-0.3, -0.25) is 4.79 Å². The molecule has 2 aliphatic rings. The van der Waals surface area contributed by atoms with Crippen molar-refractivity contribution < 1.29 is 9.90 Å². The summed E-state index contributed by atoms with van der Waals surface area (Å²) in [4.78, 5) is 18.1. The number of aromatic amines is 1. The number of aromatic nitrogens is 1. The number of amides is 1. The molecule has 2 aromatic rings. The fourth-order valence-electron chi connectivity index (χ4n) is 4.75. The molecular weight excluding hydrogens is 312 g/mol. The van der Waals surface area contributed by atoms with E-state index in [0.717, 1.165) is 51.6 Å². The van der Waals surface area contributed by atoms with Gasteiger partial charge in [-0.2, -0.15) is 0 Å². The number of aliphatic hydroxyl groups is 1. The highest BCUT2D eigenvalue weighted by molar-refractivity contribution is 5.86. The van der Waals surface area contributed by atoms with Crippen LogP contribution in [0.3, 0.4) is 0 Å². The van der Waals surface area contributed by atoms with Crippen LogP contribution in [0.2, 0.25) is 0 Å². The molecule has 2 atom stereocenters. The second-order valence-electron chi connectivity index (χ2n) is 7.64. The number of para-hydroxylation sites is 1. The van der Waals surface area contributed by atoms with Crippen LogP contribution in [0.5, 0.6) is 0 Å². The number of rotatable bonds is 3. The van der Waals surface area contributed by atoms with Gasteiger partial charge >= 0.3 is 0 Å². The highest BCUT2D eigenvalue weighted by atomic mass is 16.3. The number of aryl methyl sites for hydroxylation is 1. The van der Waals surface area contributed by atoms with Crippen molar-refractivity contribution >= 4 is 16.8 Å².